The first kappa shape index (κ1) is 15.0. The first-order chi connectivity index (χ1) is 10.1. The number of thiophene rings is 1. The summed E-state index contributed by atoms with van der Waals surface area (Å²) in [5.74, 6) is -1.01. The summed E-state index contributed by atoms with van der Waals surface area (Å²) < 4.78 is 0. The lowest BCUT2D eigenvalue weighted by Crippen LogP contribution is -2.07. The van der Waals surface area contributed by atoms with E-state index in [0.717, 1.165) is 10.4 Å². The highest BCUT2D eigenvalue weighted by Gasteiger charge is 2.01. The number of carboxylic acid groups (broad SMARTS) is 1. The highest BCUT2D eigenvalue weighted by Crippen LogP contribution is 2.13. The van der Waals surface area contributed by atoms with Gasteiger partial charge in [-0.1, -0.05) is 18.2 Å². The largest absolute Gasteiger partial charge is 0.481 e. The third-order valence-corrected chi connectivity index (χ3v) is 3.63. The summed E-state index contributed by atoms with van der Waals surface area (Å²) in [6.45, 7) is 0. The minimum absolute atomic E-state index is 0.106. The van der Waals surface area contributed by atoms with Crippen molar-refractivity contribution in [2.75, 3.05) is 5.32 Å². The van der Waals surface area contributed by atoms with Gasteiger partial charge in [0, 0.05) is 23.1 Å². The Bertz CT molecular complexity index is 630. The molecule has 1 amide bonds. The number of hydrogen-bond donors (Lipinski definition) is 2. The summed E-state index contributed by atoms with van der Waals surface area (Å²) in [5.41, 5.74) is 1.62. The summed E-state index contributed by atoms with van der Waals surface area (Å²) in [6, 6.07) is 11.1. The molecule has 0 bridgehead atoms. The van der Waals surface area contributed by atoms with Crippen LogP contribution in [0, 0.1) is 0 Å². The van der Waals surface area contributed by atoms with Crippen LogP contribution in [0.4, 0.5) is 5.69 Å². The topological polar surface area (TPSA) is 66.4 Å². The molecule has 4 nitrogen and oxygen atoms in total. The molecule has 0 radical (unpaired) electrons. The zero-order chi connectivity index (χ0) is 15.1. The van der Waals surface area contributed by atoms with Crippen LogP contribution >= 0.6 is 11.3 Å². The quantitative estimate of drug-likeness (QED) is 0.803. The Balaban J connectivity index is 1.87. The van der Waals surface area contributed by atoms with Crippen LogP contribution in [0.3, 0.4) is 0 Å². The van der Waals surface area contributed by atoms with Crippen LogP contribution in [0.2, 0.25) is 0 Å². The lowest BCUT2D eigenvalue weighted by molar-refractivity contribution is -0.137. The molecule has 1 aromatic carbocycles. The van der Waals surface area contributed by atoms with Crippen molar-refractivity contribution in [3.05, 3.63) is 58.3 Å². The van der Waals surface area contributed by atoms with Gasteiger partial charge >= 0.3 is 5.97 Å². The maximum atomic E-state index is 11.7. The summed E-state index contributed by atoms with van der Waals surface area (Å²) >= 11 is 1.57. The second-order valence-corrected chi connectivity index (χ2v) is 5.41. The lowest BCUT2D eigenvalue weighted by atomic mass is 10.1. The number of hydrogen-bond acceptors (Lipinski definition) is 3. The molecule has 0 fully saturated rings. The fraction of sp³-hybridized carbons (Fsp3) is 0.125. The zero-order valence-electron chi connectivity index (χ0n) is 11.3. The predicted octanol–water partition coefficient (Wildman–Crippen LogP) is 3.42. The van der Waals surface area contributed by atoms with E-state index in [9.17, 15) is 9.59 Å². The van der Waals surface area contributed by atoms with Gasteiger partial charge < -0.3 is 10.4 Å². The van der Waals surface area contributed by atoms with Crippen molar-refractivity contribution >= 4 is 35.0 Å². The average molecular weight is 301 g/mol. The van der Waals surface area contributed by atoms with Crippen LogP contribution in [0.5, 0.6) is 0 Å². The van der Waals surface area contributed by atoms with Crippen LogP contribution in [-0.2, 0) is 16.0 Å². The van der Waals surface area contributed by atoms with Crippen LogP contribution in [0.1, 0.15) is 16.9 Å². The molecule has 0 saturated carbocycles. The van der Waals surface area contributed by atoms with Crippen molar-refractivity contribution in [2.24, 2.45) is 0 Å². The van der Waals surface area contributed by atoms with E-state index in [-0.39, 0.29) is 12.3 Å². The van der Waals surface area contributed by atoms with Crippen LogP contribution in [-0.4, -0.2) is 17.0 Å². The summed E-state index contributed by atoms with van der Waals surface area (Å²) in [4.78, 5) is 23.2. The Kier molecular flexibility index (Phi) is 5.29. The van der Waals surface area contributed by atoms with E-state index in [1.54, 1.807) is 29.5 Å². The fourth-order valence-electron chi connectivity index (χ4n) is 1.73. The SMILES string of the molecule is O=C(O)CCc1ccc(NC(=O)/C=C/c2cccs2)cc1. The highest BCUT2D eigenvalue weighted by molar-refractivity contribution is 7.10. The van der Waals surface area contributed by atoms with Gasteiger partial charge in [-0.15, -0.1) is 11.3 Å². The molecule has 0 unspecified atom stereocenters. The molecule has 0 aliphatic heterocycles. The van der Waals surface area contributed by atoms with Crippen molar-refractivity contribution < 1.29 is 14.7 Å². The number of carbonyl (C=O) groups excluding carboxylic acids is 1. The number of carboxylic acids is 1. The number of amides is 1. The Morgan fingerprint density at radius 2 is 1.95 bits per heavy atom. The first-order valence-corrected chi connectivity index (χ1v) is 7.35. The Labute approximate surface area is 126 Å². The molecular formula is C16H15NO3S. The molecule has 5 heteroatoms. The molecule has 0 aliphatic carbocycles. The number of nitrogens with one attached hydrogen (secondary N) is 1. The molecule has 0 saturated heterocycles. The normalized spacial score (nSPS) is 10.7. The molecule has 0 atom stereocenters. The van der Waals surface area contributed by atoms with E-state index in [2.05, 4.69) is 5.32 Å². The monoisotopic (exact) mass is 301 g/mol. The third kappa shape index (κ3) is 5.24. The first-order valence-electron chi connectivity index (χ1n) is 6.47. The smallest absolute Gasteiger partial charge is 0.303 e. The highest BCUT2D eigenvalue weighted by atomic mass is 32.1. The van der Waals surface area contributed by atoms with Gasteiger partial charge in [0.2, 0.25) is 5.91 Å². The molecule has 2 aromatic rings. The molecule has 2 N–H and O–H groups in total. The standard InChI is InChI=1S/C16H15NO3S/c18-15(9-8-14-2-1-11-21-14)17-13-6-3-12(4-7-13)5-10-16(19)20/h1-4,6-9,11H,5,10H2,(H,17,18)(H,19,20)/b9-8+. The van der Waals surface area contributed by atoms with Gasteiger partial charge in [-0.2, -0.15) is 0 Å². The number of carbonyl (C=O) groups is 2. The van der Waals surface area contributed by atoms with Gasteiger partial charge in [-0.25, -0.2) is 0 Å². The predicted molar refractivity (Wildman–Crippen MR) is 84.4 cm³/mol. The molecule has 1 aromatic heterocycles. The van der Waals surface area contributed by atoms with Crippen LogP contribution < -0.4 is 5.32 Å². The second kappa shape index (κ2) is 7.40. The zero-order valence-corrected chi connectivity index (χ0v) is 12.1. The third-order valence-electron chi connectivity index (χ3n) is 2.79. The maximum absolute atomic E-state index is 11.7. The number of aryl methyl sites for hydroxylation is 1. The van der Waals surface area contributed by atoms with Gasteiger partial charge in [-0.05, 0) is 41.6 Å². The second-order valence-electron chi connectivity index (χ2n) is 4.43. The van der Waals surface area contributed by atoms with Crippen LogP contribution in [0.25, 0.3) is 6.08 Å². The van der Waals surface area contributed by atoms with E-state index in [1.807, 2.05) is 29.6 Å². The van der Waals surface area contributed by atoms with Crippen molar-refractivity contribution in [3.8, 4) is 0 Å². The molecule has 1 heterocycles. The number of anilines is 1. The van der Waals surface area contributed by atoms with Crippen molar-refractivity contribution in [1.82, 2.24) is 0 Å². The average Bonchev–Trinajstić information content (AvgIpc) is 2.98. The molecule has 2 rings (SSSR count). The molecule has 0 spiro atoms. The Morgan fingerprint density at radius 3 is 2.57 bits per heavy atom. The van der Waals surface area contributed by atoms with Crippen molar-refractivity contribution in [2.45, 2.75) is 12.8 Å². The Morgan fingerprint density at radius 1 is 1.19 bits per heavy atom. The lowest BCUT2D eigenvalue weighted by Gasteiger charge is -2.04. The van der Waals surface area contributed by atoms with Gasteiger partial charge in [-0.3, -0.25) is 9.59 Å². The van der Waals surface area contributed by atoms with Gasteiger partial charge in [0.05, 0.1) is 0 Å². The van der Waals surface area contributed by atoms with Gasteiger partial charge in [0.1, 0.15) is 0 Å². The van der Waals surface area contributed by atoms with E-state index >= 15 is 0 Å². The summed E-state index contributed by atoms with van der Waals surface area (Å²) in [6.07, 6.45) is 3.85. The minimum atomic E-state index is -0.814. The summed E-state index contributed by atoms with van der Waals surface area (Å²) in [7, 11) is 0. The number of benzene rings is 1. The maximum Gasteiger partial charge on any atom is 0.303 e. The molecule has 21 heavy (non-hydrogen) atoms. The minimum Gasteiger partial charge on any atom is -0.481 e. The number of rotatable bonds is 6. The summed E-state index contributed by atoms with van der Waals surface area (Å²) in [5, 5.41) is 13.3. The van der Waals surface area contributed by atoms with Gasteiger partial charge in [0.15, 0.2) is 0 Å². The molecular weight excluding hydrogens is 286 g/mol. The fourth-order valence-corrected chi connectivity index (χ4v) is 2.35. The Hall–Kier alpha value is -2.40. The number of aliphatic carboxylic acids is 1. The van der Waals surface area contributed by atoms with Gasteiger partial charge in [0.25, 0.3) is 0 Å². The van der Waals surface area contributed by atoms with E-state index in [1.165, 1.54) is 6.08 Å². The van der Waals surface area contributed by atoms with Crippen molar-refractivity contribution in [3.63, 3.8) is 0 Å². The van der Waals surface area contributed by atoms with Crippen LogP contribution in [0.15, 0.2) is 47.9 Å². The van der Waals surface area contributed by atoms with E-state index < -0.39 is 5.97 Å². The van der Waals surface area contributed by atoms with E-state index in [0.29, 0.717) is 12.1 Å². The van der Waals surface area contributed by atoms with E-state index in [4.69, 9.17) is 5.11 Å². The molecule has 108 valence electrons. The molecule has 0 aliphatic rings. The van der Waals surface area contributed by atoms with Crippen molar-refractivity contribution in [1.29, 1.82) is 0 Å².